The van der Waals surface area contributed by atoms with E-state index in [4.69, 9.17) is 9.97 Å². The average Bonchev–Trinajstić information content (AvgIpc) is 3.14. The van der Waals surface area contributed by atoms with Gasteiger partial charge in [-0.2, -0.15) is 10.2 Å². The quantitative estimate of drug-likeness (QED) is 0.506. The van der Waals surface area contributed by atoms with E-state index in [2.05, 4.69) is 11.4 Å². The minimum Gasteiger partial charge on any atom is -0.508 e. The normalized spacial score (nSPS) is 13.0. The predicted octanol–water partition coefficient (Wildman–Crippen LogP) is 4.80. The van der Waals surface area contributed by atoms with Gasteiger partial charge in [-0.05, 0) is 56.9 Å². The van der Waals surface area contributed by atoms with Gasteiger partial charge in [0.05, 0.1) is 22.8 Å². The first-order valence-corrected chi connectivity index (χ1v) is 10.6. The van der Waals surface area contributed by atoms with Crippen molar-refractivity contribution >= 4 is 16.7 Å². The number of para-hydroxylation sites is 1. The second kappa shape index (κ2) is 7.77. The number of nitrogens with one attached hydrogen (secondary N) is 1. The fourth-order valence-electron chi connectivity index (χ4n) is 4.39. The molecule has 0 fully saturated rings. The highest BCUT2D eigenvalue weighted by molar-refractivity contribution is 5.88. The molecular formula is C25H23N5O. The predicted molar refractivity (Wildman–Crippen MR) is 120 cm³/mol. The lowest BCUT2D eigenvalue weighted by atomic mass is 9.96. The van der Waals surface area contributed by atoms with E-state index >= 15 is 0 Å². The van der Waals surface area contributed by atoms with Gasteiger partial charge in [0, 0.05) is 28.8 Å². The number of aryl methyl sites for hydroxylation is 2. The molecule has 0 saturated heterocycles. The van der Waals surface area contributed by atoms with Crippen LogP contribution in [0, 0.1) is 18.3 Å². The first-order chi connectivity index (χ1) is 15.2. The number of aromatic nitrogens is 3. The summed E-state index contributed by atoms with van der Waals surface area (Å²) in [6.07, 6.45) is 4.12. The van der Waals surface area contributed by atoms with Crippen LogP contribution in [0.2, 0.25) is 0 Å². The third kappa shape index (κ3) is 3.38. The van der Waals surface area contributed by atoms with Crippen LogP contribution >= 0.6 is 0 Å². The number of aromatic hydroxyl groups is 1. The Kier molecular flexibility index (Phi) is 4.79. The van der Waals surface area contributed by atoms with Gasteiger partial charge in [-0.3, -0.25) is 4.57 Å². The summed E-state index contributed by atoms with van der Waals surface area (Å²) < 4.78 is 2.02. The van der Waals surface area contributed by atoms with Crippen LogP contribution in [0.25, 0.3) is 16.9 Å². The Labute approximate surface area is 180 Å². The van der Waals surface area contributed by atoms with Crippen LogP contribution < -0.4 is 5.32 Å². The van der Waals surface area contributed by atoms with Gasteiger partial charge in [0.2, 0.25) is 5.95 Å². The number of hydrogen-bond acceptors (Lipinski definition) is 5. The summed E-state index contributed by atoms with van der Waals surface area (Å²) in [5.74, 6) is 1.71. The molecule has 2 aromatic heterocycles. The number of anilines is 1. The molecule has 0 unspecified atom stereocenters. The van der Waals surface area contributed by atoms with Crippen molar-refractivity contribution in [3.63, 3.8) is 0 Å². The molecule has 2 heterocycles. The first-order valence-electron chi connectivity index (χ1n) is 10.6. The number of rotatable bonds is 4. The van der Waals surface area contributed by atoms with Crippen LogP contribution in [-0.2, 0) is 19.4 Å². The second-order valence-electron chi connectivity index (χ2n) is 7.96. The lowest BCUT2D eigenvalue weighted by molar-refractivity contribution is 0.469. The molecule has 0 radical (unpaired) electrons. The first kappa shape index (κ1) is 19.1. The third-order valence-electron chi connectivity index (χ3n) is 5.96. The maximum Gasteiger partial charge on any atom is 0.236 e. The van der Waals surface area contributed by atoms with E-state index in [0.717, 1.165) is 64.9 Å². The van der Waals surface area contributed by atoms with Crippen molar-refractivity contribution in [3.8, 4) is 17.8 Å². The third-order valence-corrected chi connectivity index (χ3v) is 5.96. The van der Waals surface area contributed by atoms with E-state index in [1.807, 2.05) is 54.0 Å². The van der Waals surface area contributed by atoms with Crippen LogP contribution in [0.1, 0.15) is 40.9 Å². The molecule has 0 spiro atoms. The van der Waals surface area contributed by atoms with Crippen molar-refractivity contribution in [2.45, 2.75) is 39.2 Å². The minimum absolute atomic E-state index is 0.273. The number of hydrogen-bond donors (Lipinski definition) is 2. The topological polar surface area (TPSA) is 86.8 Å². The van der Waals surface area contributed by atoms with Gasteiger partial charge in [-0.15, -0.1) is 0 Å². The van der Waals surface area contributed by atoms with E-state index in [1.54, 1.807) is 6.07 Å². The van der Waals surface area contributed by atoms with E-state index < -0.39 is 0 Å². The molecule has 5 rings (SSSR count). The number of fused-ring (bicyclic) bond motifs is 2. The minimum atomic E-state index is 0.273. The Morgan fingerprint density at radius 2 is 1.94 bits per heavy atom. The maximum absolute atomic E-state index is 10.1. The van der Waals surface area contributed by atoms with Gasteiger partial charge in [0.1, 0.15) is 11.6 Å². The Morgan fingerprint density at radius 3 is 2.77 bits per heavy atom. The molecule has 1 aliphatic carbocycles. The van der Waals surface area contributed by atoms with Crippen molar-refractivity contribution in [2.24, 2.45) is 0 Å². The zero-order chi connectivity index (χ0) is 21.4. The molecule has 0 saturated carbocycles. The molecule has 2 N–H and O–H groups in total. The summed E-state index contributed by atoms with van der Waals surface area (Å²) in [5, 5.41) is 24.0. The van der Waals surface area contributed by atoms with Gasteiger partial charge in [0.15, 0.2) is 0 Å². The molecule has 0 bridgehead atoms. The molecular weight excluding hydrogens is 386 g/mol. The van der Waals surface area contributed by atoms with E-state index in [9.17, 15) is 10.4 Å². The van der Waals surface area contributed by atoms with Crippen LogP contribution in [0.4, 0.5) is 5.82 Å². The van der Waals surface area contributed by atoms with Gasteiger partial charge < -0.3 is 10.4 Å². The summed E-state index contributed by atoms with van der Waals surface area (Å²) in [5.41, 5.74) is 5.63. The molecule has 6 nitrogen and oxygen atoms in total. The molecule has 154 valence electrons. The smallest absolute Gasteiger partial charge is 0.236 e. The van der Waals surface area contributed by atoms with Crippen molar-refractivity contribution in [1.82, 2.24) is 14.5 Å². The fraction of sp³-hybridized carbons (Fsp3) is 0.240. The molecule has 0 aliphatic heterocycles. The molecule has 0 atom stereocenters. The summed E-state index contributed by atoms with van der Waals surface area (Å²) in [6.45, 7) is 2.50. The van der Waals surface area contributed by atoms with Gasteiger partial charge in [-0.1, -0.05) is 24.3 Å². The molecule has 6 heteroatoms. The van der Waals surface area contributed by atoms with Crippen LogP contribution in [0.3, 0.4) is 0 Å². The average molecular weight is 409 g/mol. The maximum atomic E-state index is 10.1. The van der Waals surface area contributed by atoms with Crippen LogP contribution in [0.5, 0.6) is 5.75 Å². The highest BCUT2D eigenvalue weighted by Crippen LogP contribution is 2.30. The van der Waals surface area contributed by atoms with Gasteiger partial charge in [0.25, 0.3) is 0 Å². The van der Waals surface area contributed by atoms with Crippen molar-refractivity contribution in [3.05, 3.63) is 76.6 Å². The van der Waals surface area contributed by atoms with Crippen LogP contribution in [0.15, 0.2) is 48.5 Å². The number of nitriles is 1. The lowest BCUT2D eigenvalue weighted by Crippen LogP contribution is -2.16. The SMILES string of the molecule is Cc1cc2c(C#N)cccc2n1-c1nc2c(c(NCc3ccccc3O)n1)CCCC2. The molecule has 4 aromatic rings. The van der Waals surface area contributed by atoms with Crippen molar-refractivity contribution < 1.29 is 5.11 Å². The van der Waals surface area contributed by atoms with Crippen LogP contribution in [-0.4, -0.2) is 19.6 Å². The number of nitrogens with zero attached hydrogens (tertiary/aromatic N) is 4. The summed E-state index contributed by atoms with van der Waals surface area (Å²) >= 11 is 0. The van der Waals surface area contributed by atoms with E-state index in [-0.39, 0.29) is 5.75 Å². The highest BCUT2D eigenvalue weighted by Gasteiger charge is 2.20. The standard InChI is InChI=1S/C25H23N5O/c1-16-13-20-17(14-26)8-6-11-22(20)30(16)25-28-21-10-4-3-9-19(21)24(29-25)27-15-18-7-2-5-12-23(18)31/h2,5-8,11-13,31H,3-4,9-10,15H2,1H3,(H,27,28,29). The van der Waals surface area contributed by atoms with Crippen molar-refractivity contribution in [1.29, 1.82) is 5.26 Å². The Balaban J connectivity index is 1.62. The summed E-state index contributed by atoms with van der Waals surface area (Å²) in [4.78, 5) is 9.85. The Bertz CT molecular complexity index is 1330. The van der Waals surface area contributed by atoms with Crippen molar-refractivity contribution in [2.75, 3.05) is 5.32 Å². The van der Waals surface area contributed by atoms with E-state index in [0.29, 0.717) is 18.1 Å². The highest BCUT2D eigenvalue weighted by atomic mass is 16.3. The zero-order valence-corrected chi connectivity index (χ0v) is 17.4. The lowest BCUT2D eigenvalue weighted by Gasteiger charge is -2.21. The number of benzene rings is 2. The Hall–Kier alpha value is -3.85. The molecule has 1 aliphatic rings. The molecule has 31 heavy (non-hydrogen) atoms. The van der Waals surface area contributed by atoms with E-state index in [1.165, 1.54) is 0 Å². The van der Waals surface area contributed by atoms with Gasteiger partial charge >= 0.3 is 0 Å². The van der Waals surface area contributed by atoms with Gasteiger partial charge in [-0.25, -0.2) is 4.98 Å². The summed E-state index contributed by atoms with van der Waals surface area (Å²) in [6, 6.07) is 17.4. The Morgan fingerprint density at radius 1 is 1.10 bits per heavy atom. The molecule has 0 amide bonds. The monoisotopic (exact) mass is 409 g/mol. The molecule has 2 aromatic carbocycles. The number of phenolic OH excluding ortho intramolecular Hbond substituents is 1. The second-order valence-corrected chi connectivity index (χ2v) is 7.96. The zero-order valence-electron chi connectivity index (χ0n) is 17.4. The fourth-order valence-corrected chi connectivity index (χ4v) is 4.39. The largest absolute Gasteiger partial charge is 0.508 e. The number of phenols is 1. The summed E-state index contributed by atoms with van der Waals surface area (Å²) in [7, 11) is 0.